The molecule has 0 aliphatic carbocycles. The number of carbonyl (C=O) groups is 1. The third-order valence-corrected chi connectivity index (χ3v) is 9.25. The fourth-order valence-electron chi connectivity index (χ4n) is 6.29. The zero-order chi connectivity index (χ0) is 28.4. The van der Waals surface area contributed by atoms with Crippen molar-refractivity contribution in [3.05, 3.63) is 0 Å². The summed E-state index contributed by atoms with van der Waals surface area (Å²) in [6.45, 7) is 6.77. The fourth-order valence-corrected chi connectivity index (χ4v) is 7.22. The van der Waals surface area contributed by atoms with E-state index in [2.05, 4.69) is 14.0 Å². The van der Waals surface area contributed by atoms with Crippen LogP contribution in [0.2, 0.25) is 0 Å². The van der Waals surface area contributed by atoms with Gasteiger partial charge >= 0.3 is 5.97 Å². The number of fused-ring (bicyclic) bond motifs is 2. The Morgan fingerprint density at radius 1 is 0.923 bits per heavy atom. The Morgan fingerprint density at radius 3 is 2.08 bits per heavy atom. The van der Waals surface area contributed by atoms with Gasteiger partial charge < -0.3 is 27.9 Å². The number of hydrogen-bond donors (Lipinski definition) is 0. The molecule has 2 heterocycles. The molecule has 0 saturated carbocycles. The van der Waals surface area contributed by atoms with Crippen LogP contribution in [0.25, 0.3) is 0 Å². The largest absolute Gasteiger partial charge is 0.756 e. The van der Waals surface area contributed by atoms with Crippen LogP contribution in [0.3, 0.4) is 0 Å². The summed E-state index contributed by atoms with van der Waals surface area (Å²) < 4.78 is 34.9. The van der Waals surface area contributed by atoms with Crippen LogP contribution in [0.15, 0.2) is 0 Å². The van der Waals surface area contributed by atoms with Gasteiger partial charge in [0.05, 0.1) is 33.4 Å². The molecular formula is C30H58NO7P. The summed E-state index contributed by atoms with van der Waals surface area (Å²) in [6.07, 6.45) is 20.1. The topological polar surface area (TPSA) is 94.1 Å². The third-order valence-electron chi connectivity index (χ3n) is 8.23. The summed E-state index contributed by atoms with van der Waals surface area (Å²) in [6, 6.07) is 0. The molecule has 2 aliphatic rings. The normalized spacial score (nSPS) is 25.2. The highest BCUT2D eigenvalue weighted by atomic mass is 31.2. The van der Waals surface area contributed by atoms with Gasteiger partial charge in [-0.25, -0.2) is 0 Å². The van der Waals surface area contributed by atoms with Gasteiger partial charge in [0.1, 0.15) is 18.8 Å². The fraction of sp³-hybridized carbons (Fsp3) is 0.967. The molecule has 230 valence electrons. The van der Waals surface area contributed by atoms with Crippen molar-refractivity contribution in [2.45, 2.75) is 135 Å². The second-order valence-electron chi connectivity index (χ2n) is 12.3. The molecule has 0 aromatic carbocycles. The SMILES string of the molecule is CCCCCCCCCCCCCCCCOCC(COP(=O)([O-])OC1CC2CCC[N+](C)(C2)C1)OC(C)=O. The molecule has 2 fully saturated rings. The van der Waals surface area contributed by atoms with Crippen LogP contribution in [0.5, 0.6) is 0 Å². The number of unbranched alkanes of at least 4 members (excludes halogenated alkanes) is 13. The maximum absolute atomic E-state index is 12.5. The minimum atomic E-state index is -4.51. The Kier molecular flexibility index (Phi) is 17.4. The molecule has 2 rings (SSSR count). The average molecular weight is 576 g/mol. The summed E-state index contributed by atoms with van der Waals surface area (Å²) >= 11 is 0. The number of rotatable bonds is 23. The minimum absolute atomic E-state index is 0.110. The smallest absolute Gasteiger partial charge is 0.303 e. The van der Waals surface area contributed by atoms with Crippen LogP contribution in [0, 0.1) is 5.92 Å². The van der Waals surface area contributed by atoms with Crippen molar-refractivity contribution in [3.63, 3.8) is 0 Å². The van der Waals surface area contributed by atoms with Gasteiger partial charge in [0.2, 0.25) is 0 Å². The maximum atomic E-state index is 12.5. The van der Waals surface area contributed by atoms with E-state index in [1.807, 2.05) is 0 Å². The van der Waals surface area contributed by atoms with E-state index in [4.69, 9.17) is 18.5 Å². The van der Waals surface area contributed by atoms with Gasteiger partial charge in [0.25, 0.3) is 7.82 Å². The average Bonchev–Trinajstić information content (AvgIpc) is 2.85. The molecule has 2 saturated heterocycles. The van der Waals surface area contributed by atoms with E-state index in [9.17, 15) is 14.3 Å². The van der Waals surface area contributed by atoms with Crippen LogP contribution in [-0.4, -0.2) is 69.2 Å². The maximum Gasteiger partial charge on any atom is 0.303 e. The first-order chi connectivity index (χ1) is 18.7. The van der Waals surface area contributed by atoms with Crippen LogP contribution in [-0.2, 0) is 27.9 Å². The Morgan fingerprint density at radius 2 is 1.51 bits per heavy atom. The van der Waals surface area contributed by atoms with Gasteiger partial charge in [-0.1, -0.05) is 90.4 Å². The number of nitrogens with zero attached hydrogens (tertiary/aromatic N) is 1. The lowest BCUT2D eigenvalue weighted by Crippen LogP contribution is -2.59. The van der Waals surface area contributed by atoms with E-state index in [0.717, 1.165) is 43.3 Å². The molecule has 2 aliphatic heterocycles. The van der Waals surface area contributed by atoms with Gasteiger partial charge in [-0.2, -0.15) is 0 Å². The number of phosphoric acid groups is 1. The van der Waals surface area contributed by atoms with Crippen molar-refractivity contribution in [1.29, 1.82) is 0 Å². The number of hydrogen-bond acceptors (Lipinski definition) is 7. The van der Waals surface area contributed by atoms with Crippen molar-refractivity contribution in [2.75, 3.05) is 46.5 Å². The van der Waals surface area contributed by atoms with Gasteiger partial charge in [-0.05, 0) is 25.7 Å². The quantitative estimate of drug-likeness (QED) is 0.0590. The first-order valence-corrected chi connectivity index (χ1v) is 17.4. The molecule has 0 amide bonds. The summed E-state index contributed by atoms with van der Waals surface area (Å²) in [5.74, 6) is 0.00951. The third kappa shape index (κ3) is 16.5. The minimum Gasteiger partial charge on any atom is -0.756 e. The number of esters is 1. The van der Waals surface area contributed by atoms with E-state index >= 15 is 0 Å². The van der Waals surface area contributed by atoms with Crippen LogP contribution < -0.4 is 4.89 Å². The standard InChI is InChI=1S/C30H58NO7P/c1-4-5-6-7-8-9-10-11-12-13-14-15-16-17-21-35-25-30(37-27(2)32)26-36-39(33,34)38-29-22-28-19-18-20-31(3,23-28)24-29/h28-30H,4-26H2,1-3H3. The van der Waals surface area contributed by atoms with Crippen LogP contribution in [0.1, 0.15) is 123 Å². The molecule has 0 aromatic heterocycles. The summed E-state index contributed by atoms with van der Waals surface area (Å²) in [7, 11) is -2.34. The first-order valence-electron chi connectivity index (χ1n) is 15.9. The lowest BCUT2D eigenvalue weighted by molar-refractivity contribution is -0.925. The Balaban J connectivity index is 1.51. The Labute approximate surface area is 238 Å². The predicted molar refractivity (Wildman–Crippen MR) is 153 cm³/mol. The Bertz CT molecular complexity index is 709. The van der Waals surface area contributed by atoms with E-state index in [1.165, 1.54) is 90.4 Å². The molecular weight excluding hydrogens is 517 g/mol. The highest BCUT2D eigenvalue weighted by molar-refractivity contribution is 7.45. The van der Waals surface area contributed by atoms with Crippen LogP contribution in [0.4, 0.5) is 0 Å². The molecule has 5 atom stereocenters. The number of piperidine rings is 2. The van der Waals surface area contributed by atoms with Gasteiger partial charge in [0, 0.05) is 19.4 Å². The lowest BCUT2D eigenvalue weighted by Gasteiger charge is -2.48. The first kappa shape index (κ1) is 34.7. The molecule has 5 unspecified atom stereocenters. The summed E-state index contributed by atoms with van der Waals surface area (Å²) in [5, 5.41) is 0. The monoisotopic (exact) mass is 575 g/mol. The molecule has 0 aromatic rings. The van der Waals surface area contributed by atoms with Gasteiger partial charge in [-0.15, -0.1) is 0 Å². The molecule has 0 spiro atoms. The van der Waals surface area contributed by atoms with Crippen molar-refractivity contribution >= 4 is 13.8 Å². The van der Waals surface area contributed by atoms with E-state index in [0.29, 0.717) is 19.1 Å². The molecule has 0 N–H and O–H groups in total. The van der Waals surface area contributed by atoms with E-state index in [-0.39, 0.29) is 19.3 Å². The Hall–Kier alpha value is -0.500. The summed E-state index contributed by atoms with van der Waals surface area (Å²) in [4.78, 5) is 24.0. The molecule has 9 heteroatoms. The van der Waals surface area contributed by atoms with E-state index < -0.39 is 19.9 Å². The van der Waals surface area contributed by atoms with Crippen molar-refractivity contribution in [2.24, 2.45) is 5.92 Å². The second-order valence-corrected chi connectivity index (χ2v) is 13.7. The molecule has 8 nitrogen and oxygen atoms in total. The number of quaternary nitrogens is 1. The van der Waals surface area contributed by atoms with Gasteiger partial charge in [-0.3, -0.25) is 9.36 Å². The molecule has 0 radical (unpaired) electrons. The van der Waals surface area contributed by atoms with Crippen LogP contribution >= 0.6 is 7.82 Å². The van der Waals surface area contributed by atoms with Gasteiger partial charge in [0.15, 0.2) is 0 Å². The van der Waals surface area contributed by atoms with Crippen molar-refractivity contribution in [1.82, 2.24) is 0 Å². The number of carbonyl (C=O) groups excluding carboxylic acids is 1. The van der Waals surface area contributed by atoms with Crippen molar-refractivity contribution < 1.29 is 37.3 Å². The van der Waals surface area contributed by atoms with E-state index in [1.54, 1.807) is 0 Å². The highest BCUT2D eigenvalue weighted by Crippen LogP contribution is 2.44. The number of likely N-dealkylation sites (N-methyl/N-ethyl adjacent to an activating group) is 1. The predicted octanol–water partition coefficient (Wildman–Crippen LogP) is 6.55. The molecule has 2 bridgehead atoms. The lowest BCUT2D eigenvalue weighted by atomic mass is 9.86. The second kappa shape index (κ2) is 19.6. The number of phosphoric ester groups is 1. The number of ether oxygens (including phenoxy) is 2. The van der Waals surface area contributed by atoms with Crippen molar-refractivity contribution in [3.8, 4) is 0 Å². The highest BCUT2D eigenvalue weighted by Gasteiger charge is 2.41. The molecule has 39 heavy (non-hydrogen) atoms. The summed E-state index contributed by atoms with van der Waals surface area (Å²) in [5.41, 5.74) is 0. The zero-order valence-corrected chi connectivity index (χ0v) is 26.1. The zero-order valence-electron chi connectivity index (χ0n) is 25.2.